The number of rotatable bonds is 10. The van der Waals surface area contributed by atoms with E-state index < -0.39 is 11.9 Å². The van der Waals surface area contributed by atoms with Crippen LogP contribution in [0.4, 0.5) is 0 Å². The number of carbonyl (C=O) groups is 2. The highest BCUT2D eigenvalue weighted by Gasteiger charge is 2.00. The molecule has 0 spiro atoms. The molecular formula is C16H24O4. The van der Waals surface area contributed by atoms with Gasteiger partial charge in [0.1, 0.15) is 0 Å². The summed E-state index contributed by atoms with van der Waals surface area (Å²) in [5.41, 5.74) is 0. The van der Waals surface area contributed by atoms with Crippen molar-refractivity contribution in [1.82, 2.24) is 0 Å². The summed E-state index contributed by atoms with van der Waals surface area (Å²) in [6.45, 7) is 4.59. The third-order valence-electron chi connectivity index (χ3n) is 2.35. The zero-order chi connectivity index (χ0) is 15.1. The van der Waals surface area contributed by atoms with Crippen LogP contribution in [0.25, 0.3) is 0 Å². The molecule has 0 rings (SSSR count). The highest BCUT2D eigenvalue weighted by atomic mass is 16.5. The highest BCUT2D eigenvalue weighted by Crippen LogP contribution is 1.95. The maximum Gasteiger partial charge on any atom is 0.331 e. The van der Waals surface area contributed by atoms with E-state index in [2.05, 4.69) is 0 Å². The molecule has 0 fully saturated rings. The van der Waals surface area contributed by atoms with Crippen molar-refractivity contribution in [3.05, 3.63) is 36.5 Å². The molecule has 0 N–H and O–H groups in total. The van der Waals surface area contributed by atoms with E-state index in [1.807, 2.05) is 38.2 Å². The summed E-state index contributed by atoms with van der Waals surface area (Å²) in [4.78, 5) is 22.5. The van der Waals surface area contributed by atoms with Gasteiger partial charge in [0.25, 0.3) is 0 Å². The van der Waals surface area contributed by atoms with Crippen LogP contribution in [0.3, 0.4) is 0 Å². The van der Waals surface area contributed by atoms with Crippen molar-refractivity contribution < 1.29 is 19.1 Å². The smallest absolute Gasteiger partial charge is 0.331 e. The lowest BCUT2D eigenvalue weighted by atomic mass is 10.3. The zero-order valence-electron chi connectivity index (χ0n) is 12.3. The maximum atomic E-state index is 11.3. The second-order valence-electron chi connectivity index (χ2n) is 4.09. The Hall–Kier alpha value is -1.84. The van der Waals surface area contributed by atoms with Crippen molar-refractivity contribution in [1.29, 1.82) is 0 Å². The quantitative estimate of drug-likeness (QED) is 0.266. The SMILES string of the molecule is CC=CCCCOC(=O)/C=C\C(=O)OCCCC=CC. The Balaban J connectivity index is 3.64. The predicted molar refractivity (Wildman–Crippen MR) is 79.2 cm³/mol. The maximum absolute atomic E-state index is 11.3. The zero-order valence-corrected chi connectivity index (χ0v) is 12.3. The minimum atomic E-state index is -0.517. The van der Waals surface area contributed by atoms with Gasteiger partial charge in [0, 0.05) is 12.2 Å². The molecule has 0 amide bonds. The fraction of sp³-hybridized carbons (Fsp3) is 0.500. The molecule has 0 aliphatic carbocycles. The van der Waals surface area contributed by atoms with Crippen LogP contribution in [-0.2, 0) is 19.1 Å². The van der Waals surface area contributed by atoms with Crippen LogP contribution in [0.5, 0.6) is 0 Å². The van der Waals surface area contributed by atoms with Crippen molar-refractivity contribution in [3.63, 3.8) is 0 Å². The van der Waals surface area contributed by atoms with Crippen LogP contribution < -0.4 is 0 Å². The van der Waals surface area contributed by atoms with E-state index in [0.29, 0.717) is 13.2 Å². The van der Waals surface area contributed by atoms with Gasteiger partial charge >= 0.3 is 11.9 Å². The van der Waals surface area contributed by atoms with Crippen LogP contribution in [0, 0.1) is 0 Å². The van der Waals surface area contributed by atoms with Crippen molar-refractivity contribution >= 4 is 11.9 Å². The summed E-state index contributed by atoms with van der Waals surface area (Å²) in [5, 5.41) is 0. The first-order valence-electron chi connectivity index (χ1n) is 6.94. The van der Waals surface area contributed by atoms with E-state index in [1.54, 1.807) is 0 Å². The summed E-state index contributed by atoms with van der Waals surface area (Å²) < 4.78 is 9.84. The molecule has 0 unspecified atom stereocenters. The van der Waals surface area contributed by atoms with Gasteiger partial charge in [-0.1, -0.05) is 24.3 Å². The molecule has 0 radical (unpaired) electrons. The van der Waals surface area contributed by atoms with Gasteiger partial charge in [-0.3, -0.25) is 0 Å². The van der Waals surface area contributed by atoms with Gasteiger partial charge in [-0.25, -0.2) is 9.59 Å². The lowest BCUT2D eigenvalue weighted by Crippen LogP contribution is -2.06. The Kier molecular flexibility index (Phi) is 12.3. The number of hydrogen-bond donors (Lipinski definition) is 0. The molecule has 0 aliphatic rings. The van der Waals surface area contributed by atoms with Gasteiger partial charge in [-0.15, -0.1) is 0 Å². The normalized spacial score (nSPS) is 11.5. The van der Waals surface area contributed by atoms with E-state index >= 15 is 0 Å². The molecule has 0 saturated heterocycles. The first-order chi connectivity index (χ1) is 9.70. The van der Waals surface area contributed by atoms with Crippen molar-refractivity contribution in [2.24, 2.45) is 0 Å². The van der Waals surface area contributed by atoms with Crippen LogP contribution in [0.2, 0.25) is 0 Å². The lowest BCUT2D eigenvalue weighted by Gasteiger charge is -2.00. The molecule has 20 heavy (non-hydrogen) atoms. The van der Waals surface area contributed by atoms with Crippen LogP contribution in [0.15, 0.2) is 36.5 Å². The van der Waals surface area contributed by atoms with Gasteiger partial charge in [-0.05, 0) is 39.5 Å². The van der Waals surface area contributed by atoms with Crippen LogP contribution >= 0.6 is 0 Å². The largest absolute Gasteiger partial charge is 0.463 e. The molecule has 0 aliphatic heterocycles. The molecule has 112 valence electrons. The summed E-state index contributed by atoms with van der Waals surface area (Å²) in [7, 11) is 0. The Bertz CT molecular complexity index is 319. The average Bonchev–Trinajstić information content (AvgIpc) is 2.44. The molecule has 0 bridgehead atoms. The van der Waals surface area contributed by atoms with Crippen LogP contribution in [0.1, 0.15) is 39.5 Å². The van der Waals surface area contributed by atoms with Crippen molar-refractivity contribution in [2.45, 2.75) is 39.5 Å². The van der Waals surface area contributed by atoms with E-state index in [1.165, 1.54) is 0 Å². The molecule has 0 heterocycles. The van der Waals surface area contributed by atoms with Gasteiger partial charge in [0.15, 0.2) is 0 Å². The molecule has 4 heteroatoms. The minimum absolute atomic E-state index is 0.353. The summed E-state index contributed by atoms with van der Waals surface area (Å²) in [6, 6.07) is 0. The third kappa shape index (κ3) is 12.6. The second-order valence-corrected chi connectivity index (χ2v) is 4.09. The van der Waals surface area contributed by atoms with Gasteiger partial charge in [-0.2, -0.15) is 0 Å². The molecule has 0 saturated carbocycles. The number of ether oxygens (including phenoxy) is 2. The van der Waals surface area contributed by atoms with Crippen molar-refractivity contribution in [3.8, 4) is 0 Å². The topological polar surface area (TPSA) is 52.6 Å². The number of hydrogen-bond acceptors (Lipinski definition) is 4. The molecular weight excluding hydrogens is 256 g/mol. The van der Waals surface area contributed by atoms with E-state index in [9.17, 15) is 9.59 Å². The highest BCUT2D eigenvalue weighted by molar-refractivity contribution is 5.91. The molecule has 0 aromatic carbocycles. The Labute approximate surface area is 121 Å². The Morgan fingerprint density at radius 2 is 1.20 bits per heavy atom. The molecule has 0 atom stereocenters. The third-order valence-corrected chi connectivity index (χ3v) is 2.35. The lowest BCUT2D eigenvalue weighted by molar-refractivity contribution is -0.140. The summed E-state index contributed by atoms with van der Waals surface area (Å²) >= 11 is 0. The molecule has 0 aromatic rings. The number of carbonyl (C=O) groups excluding carboxylic acids is 2. The Morgan fingerprint density at radius 3 is 1.55 bits per heavy atom. The fourth-order valence-electron chi connectivity index (χ4n) is 1.31. The average molecular weight is 280 g/mol. The van der Waals surface area contributed by atoms with E-state index in [0.717, 1.165) is 37.8 Å². The van der Waals surface area contributed by atoms with Gasteiger partial charge in [0.2, 0.25) is 0 Å². The standard InChI is InChI=1S/C16H24O4/c1-3-5-7-9-13-19-15(17)11-12-16(18)20-14-10-8-6-4-2/h3-6,11-12H,7-10,13-14H2,1-2H3/b5-3?,6-4?,12-11-. The summed E-state index contributed by atoms with van der Waals surface area (Å²) in [5.74, 6) is -1.03. The predicted octanol–water partition coefficient (Wildman–Crippen LogP) is 3.34. The number of unbranched alkanes of at least 4 members (excludes halogenated alkanes) is 2. The number of allylic oxidation sites excluding steroid dienone is 4. The molecule has 0 aromatic heterocycles. The van der Waals surface area contributed by atoms with Crippen LogP contribution in [-0.4, -0.2) is 25.2 Å². The van der Waals surface area contributed by atoms with E-state index in [4.69, 9.17) is 9.47 Å². The first-order valence-corrected chi connectivity index (χ1v) is 6.94. The fourth-order valence-corrected chi connectivity index (χ4v) is 1.31. The van der Waals surface area contributed by atoms with Gasteiger partial charge < -0.3 is 9.47 Å². The summed E-state index contributed by atoms with van der Waals surface area (Å²) in [6.07, 6.45) is 13.4. The monoisotopic (exact) mass is 280 g/mol. The number of esters is 2. The minimum Gasteiger partial charge on any atom is -0.463 e. The first kappa shape index (κ1) is 18.2. The molecule has 4 nitrogen and oxygen atoms in total. The van der Waals surface area contributed by atoms with Gasteiger partial charge in [0.05, 0.1) is 13.2 Å². The van der Waals surface area contributed by atoms with E-state index in [-0.39, 0.29) is 0 Å². The second kappa shape index (κ2) is 13.6. The Morgan fingerprint density at radius 1 is 0.800 bits per heavy atom. The van der Waals surface area contributed by atoms with Crippen molar-refractivity contribution in [2.75, 3.05) is 13.2 Å².